The Balaban J connectivity index is 2.23. The van der Waals surface area contributed by atoms with Crippen LogP contribution in [-0.2, 0) is 11.3 Å². The maximum Gasteiger partial charge on any atom is 0.313 e. The summed E-state index contributed by atoms with van der Waals surface area (Å²) in [6.07, 6.45) is 1.60. The van der Waals surface area contributed by atoms with Gasteiger partial charge < -0.3 is 9.67 Å². The van der Waals surface area contributed by atoms with Gasteiger partial charge in [-0.15, -0.1) is 11.3 Å². The summed E-state index contributed by atoms with van der Waals surface area (Å²) in [6, 6.07) is 5.03. The summed E-state index contributed by atoms with van der Waals surface area (Å²) in [7, 11) is 0. The summed E-state index contributed by atoms with van der Waals surface area (Å²) in [5.74, 6) is -1.09. The third-order valence-electron chi connectivity index (χ3n) is 2.13. The van der Waals surface area contributed by atoms with Crippen molar-refractivity contribution in [1.82, 2.24) is 9.55 Å². The second kappa shape index (κ2) is 6.23. The van der Waals surface area contributed by atoms with Gasteiger partial charge in [-0.1, -0.05) is 23.4 Å². The number of aromatic nitrogens is 2. The Morgan fingerprint density at radius 2 is 2.26 bits per heavy atom. The number of hydrogen-bond donors (Lipinski definition) is 1. The molecule has 2 aromatic rings. The molecule has 8 heteroatoms. The smallest absolute Gasteiger partial charge is 0.313 e. The summed E-state index contributed by atoms with van der Waals surface area (Å²) < 4.78 is 2.42. The van der Waals surface area contributed by atoms with Crippen LogP contribution in [-0.4, -0.2) is 26.4 Å². The molecule has 0 saturated heterocycles. The van der Waals surface area contributed by atoms with Crippen LogP contribution in [0.1, 0.15) is 4.88 Å². The molecule has 2 rings (SSSR count). The number of carboxylic acids is 1. The first kappa shape index (κ1) is 14.1. The van der Waals surface area contributed by atoms with Gasteiger partial charge in [0.05, 0.1) is 16.6 Å². The molecule has 0 aromatic carbocycles. The molecule has 0 atom stereocenters. The molecule has 0 aliphatic carbocycles. The molecule has 2 heterocycles. The Labute approximate surface area is 121 Å². The molecule has 0 amide bonds. The first-order valence-electron chi connectivity index (χ1n) is 5.21. The van der Waals surface area contributed by atoms with E-state index in [1.54, 1.807) is 16.8 Å². The lowest BCUT2D eigenvalue weighted by Gasteiger charge is -2.09. The van der Waals surface area contributed by atoms with Gasteiger partial charge in [-0.3, -0.25) is 9.59 Å². The van der Waals surface area contributed by atoms with Crippen molar-refractivity contribution in [2.24, 2.45) is 0 Å². The molecule has 5 nitrogen and oxygen atoms in total. The molecule has 0 bridgehead atoms. The average molecular weight is 317 g/mol. The van der Waals surface area contributed by atoms with Crippen LogP contribution in [0.3, 0.4) is 0 Å². The van der Waals surface area contributed by atoms with Crippen molar-refractivity contribution in [3.63, 3.8) is 0 Å². The average Bonchev–Trinajstić information content (AvgIpc) is 2.75. The van der Waals surface area contributed by atoms with Crippen LogP contribution in [0.15, 0.2) is 34.3 Å². The van der Waals surface area contributed by atoms with Gasteiger partial charge in [-0.25, -0.2) is 0 Å². The van der Waals surface area contributed by atoms with Gasteiger partial charge in [-0.2, -0.15) is 4.98 Å². The van der Waals surface area contributed by atoms with E-state index in [9.17, 15) is 9.59 Å². The third kappa shape index (κ3) is 4.09. The summed E-state index contributed by atoms with van der Waals surface area (Å²) in [5, 5.41) is 9.07. The molecule has 0 saturated carbocycles. The maximum absolute atomic E-state index is 11.2. The van der Waals surface area contributed by atoms with E-state index in [0.29, 0.717) is 16.0 Å². The van der Waals surface area contributed by atoms with Crippen molar-refractivity contribution >= 4 is 40.7 Å². The summed E-state index contributed by atoms with van der Waals surface area (Å²) in [4.78, 5) is 26.7. The van der Waals surface area contributed by atoms with Crippen molar-refractivity contribution in [3.8, 4) is 0 Å². The van der Waals surface area contributed by atoms with Crippen molar-refractivity contribution < 1.29 is 9.90 Å². The monoisotopic (exact) mass is 316 g/mol. The molecule has 2 aromatic heterocycles. The molecular weight excluding hydrogens is 308 g/mol. The van der Waals surface area contributed by atoms with Crippen molar-refractivity contribution in [1.29, 1.82) is 0 Å². The van der Waals surface area contributed by atoms with E-state index in [1.807, 2.05) is 6.07 Å². The molecule has 100 valence electrons. The van der Waals surface area contributed by atoms with Crippen molar-refractivity contribution in [2.45, 2.75) is 11.7 Å². The fraction of sp³-hybridized carbons (Fsp3) is 0.182. The molecule has 19 heavy (non-hydrogen) atoms. The zero-order valence-electron chi connectivity index (χ0n) is 9.58. The zero-order chi connectivity index (χ0) is 13.8. The number of rotatable bonds is 5. The minimum absolute atomic E-state index is 0.137. The highest BCUT2D eigenvalue weighted by Crippen LogP contribution is 2.23. The van der Waals surface area contributed by atoms with Crippen molar-refractivity contribution in [3.05, 3.63) is 44.0 Å². The molecule has 0 unspecified atom stereocenters. The van der Waals surface area contributed by atoms with Crippen LogP contribution in [0, 0.1) is 0 Å². The Bertz CT molecular complexity index is 653. The van der Waals surface area contributed by atoms with Crippen LogP contribution in [0.4, 0.5) is 0 Å². The molecule has 0 spiro atoms. The Morgan fingerprint density at radius 3 is 2.89 bits per heavy atom. The summed E-state index contributed by atoms with van der Waals surface area (Å²) >= 11 is 8.31. The lowest BCUT2D eigenvalue weighted by atomic mass is 10.4. The second-order valence-electron chi connectivity index (χ2n) is 3.56. The van der Waals surface area contributed by atoms with E-state index in [2.05, 4.69) is 4.98 Å². The SMILES string of the molecule is O=C(O)CSc1nc(=O)ccn1Cc1ccc(Cl)s1. The molecule has 0 fully saturated rings. The number of carbonyl (C=O) groups is 1. The first-order chi connectivity index (χ1) is 9.04. The number of aliphatic carboxylic acids is 1. The normalized spacial score (nSPS) is 10.6. The number of halogens is 1. The van der Waals surface area contributed by atoms with Crippen molar-refractivity contribution in [2.75, 3.05) is 5.75 Å². The van der Waals surface area contributed by atoms with E-state index < -0.39 is 5.97 Å². The highest BCUT2D eigenvalue weighted by atomic mass is 35.5. The second-order valence-corrected chi connectivity index (χ2v) is 6.31. The van der Waals surface area contributed by atoms with E-state index in [1.165, 1.54) is 17.4 Å². The van der Waals surface area contributed by atoms with E-state index >= 15 is 0 Å². The highest BCUT2D eigenvalue weighted by Gasteiger charge is 2.08. The lowest BCUT2D eigenvalue weighted by molar-refractivity contribution is -0.133. The van der Waals surface area contributed by atoms with Gasteiger partial charge in [0.15, 0.2) is 5.16 Å². The first-order valence-corrected chi connectivity index (χ1v) is 7.39. The van der Waals surface area contributed by atoms with Gasteiger partial charge >= 0.3 is 5.97 Å². The lowest BCUT2D eigenvalue weighted by Crippen LogP contribution is -2.14. The van der Waals surface area contributed by atoms with Crippen LogP contribution in [0.25, 0.3) is 0 Å². The fourth-order valence-corrected chi connectivity index (χ4v) is 3.16. The van der Waals surface area contributed by atoms with Crippen LogP contribution < -0.4 is 5.56 Å². The highest BCUT2D eigenvalue weighted by molar-refractivity contribution is 7.99. The summed E-state index contributed by atoms with van der Waals surface area (Å²) in [6.45, 7) is 0.507. The van der Waals surface area contributed by atoms with Gasteiger partial charge in [0.1, 0.15) is 0 Å². The summed E-state index contributed by atoms with van der Waals surface area (Å²) in [5.41, 5.74) is -0.381. The van der Waals surface area contributed by atoms with E-state index in [-0.39, 0.29) is 11.3 Å². The fourth-order valence-electron chi connectivity index (χ4n) is 1.38. The zero-order valence-corrected chi connectivity index (χ0v) is 12.0. The van der Waals surface area contributed by atoms with E-state index in [0.717, 1.165) is 16.6 Å². The number of thiophene rings is 1. The van der Waals surface area contributed by atoms with Gasteiger partial charge in [-0.05, 0) is 12.1 Å². The third-order valence-corrected chi connectivity index (χ3v) is 4.32. The van der Waals surface area contributed by atoms with Crippen LogP contribution in [0.2, 0.25) is 4.34 Å². The minimum Gasteiger partial charge on any atom is -0.481 e. The predicted octanol–water partition coefficient (Wildman–Crippen LogP) is 2.18. The number of nitrogens with zero attached hydrogens (tertiary/aromatic N) is 2. The Morgan fingerprint density at radius 1 is 1.47 bits per heavy atom. The number of carboxylic acid groups (broad SMARTS) is 1. The Hall–Kier alpha value is -1.31. The van der Waals surface area contributed by atoms with Crippen LogP contribution >= 0.6 is 34.7 Å². The molecule has 0 aliphatic heterocycles. The van der Waals surface area contributed by atoms with Gasteiger partial charge in [0, 0.05) is 17.1 Å². The topological polar surface area (TPSA) is 72.2 Å². The largest absolute Gasteiger partial charge is 0.481 e. The molecular formula is C11H9ClN2O3S2. The van der Waals surface area contributed by atoms with Gasteiger partial charge in [0.2, 0.25) is 0 Å². The van der Waals surface area contributed by atoms with E-state index in [4.69, 9.17) is 16.7 Å². The minimum atomic E-state index is -0.950. The van der Waals surface area contributed by atoms with Crippen LogP contribution in [0.5, 0.6) is 0 Å². The van der Waals surface area contributed by atoms with Gasteiger partial charge in [0.25, 0.3) is 5.56 Å². The standard InChI is InChI=1S/C11H9ClN2O3S2/c12-8-2-1-7(19-8)5-14-4-3-9(15)13-11(14)18-6-10(16)17/h1-4H,5-6H2,(H,16,17). The quantitative estimate of drug-likeness (QED) is 0.676. The number of thioether (sulfide) groups is 1. The predicted molar refractivity (Wildman–Crippen MR) is 75.3 cm³/mol. The molecule has 0 radical (unpaired) electrons. The molecule has 0 aliphatic rings. The number of hydrogen-bond acceptors (Lipinski definition) is 5. The maximum atomic E-state index is 11.2. The molecule has 1 N–H and O–H groups in total. The Kier molecular flexibility index (Phi) is 4.62.